The lowest BCUT2D eigenvalue weighted by atomic mass is 10.2. The Bertz CT molecular complexity index is 701. The predicted octanol–water partition coefficient (Wildman–Crippen LogP) is 2.09. The second-order valence-corrected chi connectivity index (χ2v) is 7.54. The van der Waals surface area contributed by atoms with Crippen LogP contribution in [0.1, 0.15) is 5.56 Å². The molecular formula is C11H12Br2N4O2S. The molecule has 6 nitrogen and oxygen atoms in total. The van der Waals surface area contributed by atoms with Crippen molar-refractivity contribution in [3.8, 4) is 0 Å². The highest BCUT2D eigenvalue weighted by atomic mass is 79.9. The van der Waals surface area contributed by atoms with Crippen LogP contribution < -0.4 is 4.72 Å². The molecule has 0 aliphatic carbocycles. The van der Waals surface area contributed by atoms with Crippen LogP contribution in [0.3, 0.4) is 0 Å². The summed E-state index contributed by atoms with van der Waals surface area (Å²) in [5, 5.41) is 7.42. The summed E-state index contributed by atoms with van der Waals surface area (Å²) in [5.74, 6) is 0. The van der Waals surface area contributed by atoms with Crippen molar-refractivity contribution < 1.29 is 8.42 Å². The largest absolute Gasteiger partial charge is 0.251 e. The van der Waals surface area contributed by atoms with Gasteiger partial charge in [-0.25, -0.2) is 13.1 Å². The molecule has 0 fully saturated rings. The summed E-state index contributed by atoms with van der Waals surface area (Å²) < 4.78 is 29.8. The van der Waals surface area contributed by atoms with Crippen LogP contribution in [0.2, 0.25) is 0 Å². The zero-order valence-electron chi connectivity index (χ0n) is 10.5. The maximum Gasteiger partial charge on any atom is 0.241 e. The van der Waals surface area contributed by atoms with Crippen molar-refractivity contribution in [2.24, 2.45) is 0 Å². The number of benzene rings is 1. The maximum absolute atomic E-state index is 12.2. The fraction of sp³-hybridized carbons (Fsp3) is 0.273. The molecule has 20 heavy (non-hydrogen) atoms. The molecule has 0 radical (unpaired) electrons. The predicted molar refractivity (Wildman–Crippen MR) is 81.8 cm³/mol. The molecule has 2 rings (SSSR count). The molecule has 0 bridgehead atoms. The van der Waals surface area contributed by atoms with Crippen molar-refractivity contribution in [3.63, 3.8) is 0 Å². The molecule has 0 aliphatic heterocycles. The van der Waals surface area contributed by atoms with Gasteiger partial charge in [0.25, 0.3) is 0 Å². The molecule has 0 aliphatic rings. The summed E-state index contributed by atoms with van der Waals surface area (Å²) >= 11 is 6.62. The van der Waals surface area contributed by atoms with Gasteiger partial charge in [0, 0.05) is 21.7 Å². The fourth-order valence-corrected chi connectivity index (χ4v) is 4.25. The third-order valence-corrected chi connectivity index (χ3v) is 5.88. The van der Waals surface area contributed by atoms with E-state index in [2.05, 4.69) is 46.9 Å². The third kappa shape index (κ3) is 3.66. The van der Waals surface area contributed by atoms with Crippen LogP contribution >= 0.6 is 31.9 Å². The van der Waals surface area contributed by atoms with Crippen molar-refractivity contribution >= 4 is 41.9 Å². The van der Waals surface area contributed by atoms with Crippen molar-refractivity contribution in [2.45, 2.75) is 18.4 Å². The fourth-order valence-electron chi connectivity index (χ4n) is 1.56. The van der Waals surface area contributed by atoms with Crippen LogP contribution in [0.5, 0.6) is 0 Å². The molecule has 1 heterocycles. The monoisotopic (exact) mass is 422 g/mol. The molecule has 0 saturated heterocycles. The molecule has 0 spiro atoms. The molecule has 0 atom stereocenters. The van der Waals surface area contributed by atoms with Gasteiger partial charge >= 0.3 is 0 Å². The third-order valence-electron chi connectivity index (χ3n) is 2.61. The minimum atomic E-state index is -3.57. The minimum Gasteiger partial charge on any atom is -0.251 e. The normalized spacial score (nSPS) is 11.8. The van der Waals surface area contributed by atoms with E-state index in [0.717, 1.165) is 10.0 Å². The zero-order valence-corrected chi connectivity index (χ0v) is 14.5. The summed E-state index contributed by atoms with van der Waals surface area (Å²) in [5.41, 5.74) is 0.957. The van der Waals surface area contributed by atoms with E-state index in [-0.39, 0.29) is 11.4 Å². The molecule has 0 saturated carbocycles. The van der Waals surface area contributed by atoms with Crippen molar-refractivity contribution in [2.75, 3.05) is 6.54 Å². The van der Waals surface area contributed by atoms with Gasteiger partial charge in [-0.2, -0.15) is 0 Å². The summed E-state index contributed by atoms with van der Waals surface area (Å²) in [6.45, 7) is 2.55. The molecule has 108 valence electrons. The second-order valence-electron chi connectivity index (χ2n) is 4.10. The van der Waals surface area contributed by atoms with E-state index in [1.54, 1.807) is 29.2 Å². The summed E-state index contributed by atoms with van der Waals surface area (Å²) in [6, 6.07) is 3.34. The van der Waals surface area contributed by atoms with Gasteiger partial charge in [0.15, 0.2) is 0 Å². The van der Waals surface area contributed by atoms with Crippen molar-refractivity contribution in [3.05, 3.63) is 39.0 Å². The van der Waals surface area contributed by atoms with Crippen LogP contribution in [-0.2, 0) is 16.6 Å². The zero-order chi connectivity index (χ0) is 14.8. The topological polar surface area (TPSA) is 76.9 Å². The summed E-state index contributed by atoms with van der Waals surface area (Å²) in [7, 11) is -3.57. The van der Waals surface area contributed by atoms with E-state index in [9.17, 15) is 8.42 Å². The lowest BCUT2D eigenvalue weighted by Crippen LogP contribution is -2.28. The average Bonchev–Trinajstić information content (AvgIpc) is 2.86. The average molecular weight is 424 g/mol. The highest BCUT2D eigenvalue weighted by Crippen LogP contribution is 2.28. The van der Waals surface area contributed by atoms with Crippen LogP contribution in [0.4, 0.5) is 0 Å². The van der Waals surface area contributed by atoms with Crippen LogP contribution in [0, 0.1) is 6.92 Å². The maximum atomic E-state index is 12.2. The van der Waals surface area contributed by atoms with E-state index in [4.69, 9.17) is 0 Å². The Morgan fingerprint density at radius 2 is 2.05 bits per heavy atom. The number of sulfonamides is 1. The van der Waals surface area contributed by atoms with Gasteiger partial charge < -0.3 is 0 Å². The standard InChI is InChI=1S/C11H12Br2N4O2S/c1-8-6-10(13)11(7-9(8)12)20(18,19)15-3-5-17-4-2-14-16-17/h2,4,6-7,15H,3,5H2,1H3. The molecule has 9 heteroatoms. The smallest absolute Gasteiger partial charge is 0.241 e. The Morgan fingerprint density at radius 3 is 2.70 bits per heavy atom. The van der Waals surface area contributed by atoms with Gasteiger partial charge in [0.2, 0.25) is 10.0 Å². The number of halogens is 2. The number of rotatable bonds is 5. The minimum absolute atomic E-state index is 0.202. The first-order valence-electron chi connectivity index (χ1n) is 5.69. The van der Waals surface area contributed by atoms with Crippen LogP contribution in [0.25, 0.3) is 0 Å². The quantitative estimate of drug-likeness (QED) is 0.798. The van der Waals surface area contributed by atoms with Gasteiger partial charge in [-0.1, -0.05) is 21.1 Å². The van der Waals surface area contributed by atoms with E-state index in [1.807, 2.05) is 6.92 Å². The molecule has 1 aromatic heterocycles. The van der Waals surface area contributed by atoms with Crippen LogP contribution in [-0.4, -0.2) is 30.0 Å². The summed E-state index contributed by atoms with van der Waals surface area (Å²) in [4.78, 5) is 0.202. The van der Waals surface area contributed by atoms with Gasteiger partial charge in [0.1, 0.15) is 0 Å². The van der Waals surface area contributed by atoms with Gasteiger partial charge in [-0.3, -0.25) is 4.68 Å². The molecular weight excluding hydrogens is 412 g/mol. The van der Waals surface area contributed by atoms with Crippen molar-refractivity contribution in [1.29, 1.82) is 0 Å². The SMILES string of the molecule is Cc1cc(Br)c(S(=O)(=O)NCCn2ccnn2)cc1Br. The van der Waals surface area contributed by atoms with E-state index in [1.165, 1.54) is 0 Å². The first-order chi connectivity index (χ1) is 9.40. The molecule has 1 aromatic carbocycles. The Kier molecular flexibility index (Phi) is 4.95. The number of nitrogens with one attached hydrogen (secondary N) is 1. The number of aryl methyl sites for hydroxylation is 1. The van der Waals surface area contributed by atoms with Crippen molar-refractivity contribution in [1.82, 2.24) is 19.7 Å². The lowest BCUT2D eigenvalue weighted by molar-refractivity contribution is 0.552. The Balaban J connectivity index is 2.12. The first-order valence-corrected chi connectivity index (χ1v) is 8.76. The van der Waals surface area contributed by atoms with Gasteiger partial charge in [0.05, 0.1) is 17.6 Å². The lowest BCUT2D eigenvalue weighted by Gasteiger charge is -2.10. The molecule has 1 N–H and O–H groups in total. The molecule has 2 aromatic rings. The molecule has 0 unspecified atom stereocenters. The Morgan fingerprint density at radius 1 is 1.30 bits per heavy atom. The first kappa shape index (κ1) is 15.6. The highest BCUT2D eigenvalue weighted by Gasteiger charge is 2.18. The van der Waals surface area contributed by atoms with Crippen LogP contribution in [0.15, 0.2) is 38.4 Å². The van der Waals surface area contributed by atoms with Gasteiger partial charge in [-0.05, 0) is 40.5 Å². The van der Waals surface area contributed by atoms with Gasteiger partial charge in [-0.15, -0.1) is 5.10 Å². The Labute approximate surface area is 133 Å². The number of aromatic nitrogens is 3. The van der Waals surface area contributed by atoms with E-state index >= 15 is 0 Å². The van der Waals surface area contributed by atoms with E-state index < -0.39 is 10.0 Å². The number of hydrogen-bond donors (Lipinski definition) is 1. The van der Waals surface area contributed by atoms with E-state index in [0.29, 0.717) is 11.0 Å². The molecule has 0 amide bonds. The number of nitrogens with zero attached hydrogens (tertiary/aromatic N) is 3. The highest BCUT2D eigenvalue weighted by molar-refractivity contribution is 9.11. The second kappa shape index (κ2) is 6.33. The summed E-state index contributed by atoms with van der Waals surface area (Å²) in [6.07, 6.45) is 3.22. The number of hydrogen-bond acceptors (Lipinski definition) is 4. The Hall–Kier alpha value is -0.770.